The number of nitrogens with one attached hydrogen (secondary N) is 2. The van der Waals surface area contributed by atoms with Gasteiger partial charge in [0.1, 0.15) is 10.7 Å². The van der Waals surface area contributed by atoms with Crippen LogP contribution in [-0.2, 0) is 29.6 Å². The van der Waals surface area contributed by atoms with Gasteiger partial charge >= 0.3 is 0 Å². The van der Waals surface area contributed by atoms with E-state index in [1.165, 1.54) is 18.2 Å². The third-order valence-corrected chi connectivity index (χ3v) is 10.0. The molecule has 12 heteroatoms. The molecule has 3 aliphatic carbocycles. The van der Waals surface area contributed by atoms with Gasteiger partial charge in [0.25, 0.3) is 10.0 Å². The molecule has 4 fully saturated rings. The van der Waals surface area contributed by atoms with Crippen LogP contribution in [0.15, 0.2) is 27.5 Å². The Balaban J connectivity index is 1.52. The summed E-state index contributed by atoms with van der Waals surface area (Å²) in [7, 11) is -7.91. The molecule has 1 amide bonds. The van der Waals surface area contributed by atoms with Crippen molar-refractivity contribution in [3.63, 3.8) is 0 Å². The monoisotopic (exact) mass is 550 g/mol. The summed E-state index contributed by atoms with van der Waals surface area (Å²) < 4.78 is 55.7. The highest BCUT2D eigenvalue weighted by Crippen LogP contribution is 2.51. The number of anilines is 2. The van der Waals surface area contributed by atoms with Crippen molar-refractivity contribution in [1.82, 2.24) is 4.90 Å². The average Bonchev–Trinajstić information content (AvgIpc) is 2.78. The van der Waals surface area contributed by atoms with Crippen LogP contribution < -0.4 is 10.0 Å². The summed E-state index contributed by atoms with van der Waals surface area (Å²) in [5, 5.41) is 2.93. The molecule has 0 aromatic heterocycles. The zero-order chi connectivity index (χ0) is 26.9. The SMILES string of the molecule is CC(C)(C)CCN1C(=O)C(C2=NS(=O)(=O)c3cc(NS(C)(=O)=O)ccc3N2)C(=O)C2C3CCC(CC3)C21. The Morgan fingerprint density at radius 2 is 1.76 bits per heavy atom. The van der Waals surface area contributed by atoms with E-state index in [0.29, 0.717) is 6.54 Å². The van der Waals surface area contributed by atoms with Crippen molar-refractivity contribution >= 4 is 48.9 Å². The molecule has 1 saturated heterocycles. The third kappa shape index (κ3) is 4.89. The van der Waals surface area contributed by atoms with Crippen molar-refractivity contribution in [3.8, 4) is 0 Å². The van der Waals surface area contributed by atoms with Crippen LogP contribution in [0.1, 0.15) is 52.9 Å². The molecule has 10 nitrogen and oxygen atoms in total. The first kappa shape index (κ1) is 26.1. The summed E-state index contributed by atoms with van der Waals surface area (Å²) in [6.07, 6.45) is 5.64. The normalized spacial score (nSPS) is 30.8. The van der Waals surface area contributed by atoms with E-state index in [1.807, 2.05) is 4.90 Å². The zero-order valence-electron chi connectivity index (χ0n) is 21.5. The molecular formula is C25H34N4O6S2. The summed E-state index contributed by atoms with van der Waals surface area (Å²) >= 11 is 0. The molecule has 6 rings (SSSR count). The molecule has 2 N–H and O–H groups in total. The van der Waals surface area contributed by atoms with Crippen molar-refractivity contribution in [2.24, 2.45) is 33.5 Å². The highest BCUT2D eigenvalue weighted by molar-refractivity contribution is 7.92. The molecule has 37 heavy (non-hydrogen) atoms. The van der Waals surface area contributed by atoms with Crippen LogP contribution >= 0.6 is 0 Å². The van der Waals surface area contributed by atoms with E-state index in [4.69, 9.17) is 0 Å². The number of benzene rings is 1. The van der Waals surface area contributed by atoms with Gasteiger partial charge in [0.2, 0.25) is 15.9 Å². The molecule has 3 atom stereocenters. The number of carbonyl (C=O) groups is 2. The highest BCUT2D eigenvalue weighted by Gasteiger charge is 2.58. The summed E-state index contributed by atoms with van der Waals surface area (Å²) in [6, 6.07) is 3.87. The first-order chi connectivity index (χ1) is 17.1. The second-order valence-electron chi connectivity index (χ2n) is 12.0. The average molecular weight is 551 g/mol. The van der Waals surface area contributed by atoms with Gasteiger partial charge in [0, 0.05) is 24.2 Å². The molecule has 2 bridgehead atoms. The number of hydrogen-bond donors (Lipinski definition) is 2. The maximum Gasteiger partial charge on any atom is 0.286 e. The van der Waals surface area contributed by atoms with Crippen LogP contribution in [0.2, 0.25) is 0 Å². The molecule has 0 spiro atoms. The number of amides is 1. The lowest BCUT2D eigenvalue weighted by molar-refractivity contribution is -0.161. The predicted molar refractivity (Wildman–Crippen MR) is 140 cm³/mol. The smallest absolute Gasteiger partial charge is 0.286 e. The largest absolute Gasteiger partial charge is 0.341 e. The van der Waals surface area contributed by atoms with Crippen LogP contribution in [0.25, 0.3) is 0 Å². The number of nitrogens with zero attached hydrogens (tertiary/aromatic N) is 2. The van der Waals surface area contributed by atoms with E-state index in [0.717, 1.165) is 38.4 Å². The maximum absolute atomic E-state index is 13.9. The van der Waals surface area contributed by atoms with Gasteiger partial charge in [-0.25, -0.2) is 8.42 Å². The van der Waals surface area contributed by atoms with Crippen LogP contribution in [0, 0.1) is 29.1 Å². The van der Waals surface area contributed by atoms with Crippen molar-refractivity contribution in [1.29, 1.82) is 0 Å². The second-order valence-corrected chi connectivity index (χ2v) is 15.4. The summed E-state index contributed by atoms with van der Waals surface area (Å²) in [4.78, 5) is 29.5. The molecule has 202 valence electrons. The van der Waals surface area contributed by atoms with E-state index in [1.54, 1.807) is 0 Å². The number of hydrogen-bond acceptors (Lipinski definition) is 7. The molecule has 5 aliphatic rings. The molecule has 1 aromatic carbocycles. The number of amidine groups is 1. The minimum atomic E-state index is -4.29. The van der Waals surface area contributed by atoms with Crippen LogP contribution in [-0.4, -0.2) is 58.1 Å². The minimum absolute atomic E-state index is 0.0129. The molecule has 3 saturated carbocycles. The Morgan fingerprint density at radius 3 is 2.38 bits per heavy atom. The predicted octanol–water partition coefficient (Wildman–Crippen LogP) is 2.84. The van der Waals surface area contributed by atoms with Crippen molar-refractivity contribution in [2.45, 2.75) is 63.8 Å². The lowest BCUT2D eigenvalue weighted by atomic mass is 9.57. The van der Waals surface area contributed by atoms with E-state index in [-0.39, 0.29) is 63.0 Å². The van der Waals surface area contributed by atoms with Gasteiger partial charge in [-0.15, -0.1) is 4.40 Å². The Bertz CT molecular complexity index is 1390. The first-order valence-electron chi connectivity index (χ1n) is 12.7. The van der Waals surface area contributed by atoms with Gasteiger partial charge in [-0.1, -0.05) is 20.8 Å². The zero-order valence-corrected chi connectivity index (χ0v) is 23.2. The molecule has 1 aromatic rings. The molecule has 3 unspecified atom stereocenters. The number of ketones is 1. The van der Waals surface area contributed by atoms with Gasteiger partial charge in [0.15, 0.2) is 11.7 Å². The van der Waals surface area contributed by atoms with Crippen molar-refractivity contribution in [3.05, 3.63) is 18.2 Å². The van der Waals surface area contributed by atoms with E-state index < -0.39 is 26.0 Å². The van der Waals surface area contributed by atoms with Gasteiger partial charge in [-0.3, -0.25) is 14.3 Å². The van der Waals surface area contributed by atoms with E-state index >= 15 is 0 Å². The number of rotatable bonds is 5. The Hall–Kier alpha value is -2.47. The molecular weight excluding hydrogens is 516 g/mol. The number of fused-ring (bicyclic) bond motifs is 3. The van der Waals surface area contributed by atoms with Crippen LogP contribution in [0.4, 0.5) is 11.4 Å². The lowest BCUT2D eigenvalue weighted by Crippen LogP contribution is -2.66. The molecule has 2 aliphatic heterocycles. The van der Waals surface area contributed by atoms with Crippen molar-refractivity contribution in [2.75, 3.05) is 22.8 Å². The lowest BCUT2D eigenvalue weighted by Gasteiger charge is -2.56. The van der Waals surface area contributed by atoms with Gasteiger partial charge in [-0.05, 0) is 67.6 Å². The minimum Gasteiger partial charge on any atom is -0.341 e. The molecule has 2 heterocycles. The fourth-order valence-corrected chi connectivity index (χ4v) is 8.18. The van der Waals surface area contributed by atoms with Gasteiger partial charge in [-0.2, -0.15) is 8.42 Å². The van der Waals surface area contributed by atoms with Crippen LogP contribution in [0.5, 0.6) is 0 Å². The third-order valence-electron chi connectivity index (χ3n) is 8.10. The van der Waals surface area contributed by atoms with Gasteiger partial charge < -0.3 is 10.2 Å². The highest BCUT2D eigenvalue weighted by atomic mass is 32.2. The number of sulfonamides is 2. The Kier molecular flexibility index (Phi) is 6.21. The number of Topliss-reactive ketones (excluding diaryl/α,β-unsaturated/α-hetero) is 1. The summed E-state index contributed by atoms with van der Waals surface area (Å²) in [5.41, 5.74) is 0.212. The number of carbonyl (C=O) groups excluding carboxylic acids is 2. The summed E-state index contributed by atoms with van der Waals surface area (Å²) in [6.45, 7) is 6.83. The van der Waals surface area contributed by atoms with Gasteiger partial charge in [0.05, 0.1) is 11.9 Å². The second kappa shape index (κ2) is 8.79. The maximum atomic E-state index is 13.9. The Labute approximate surface area is 218 Å². The topological polar surface area (TPSA) is 142 Å². The van der Waals surface area contributed by atoms with E-state index in [2.05, 4.69) is 35.2 Å². The fourth-order valence-electron chi connectivity index (χ4n) is 6.44. The number of likely N-dealkylation sites (tertiary alicyclic amines) is 1. The van der Waals surface area contributed by atoms with E-state index in [9.17, 15) is 26.4 Å². The standard InChI is InChI=1S/C25H34N4O6S2/c1-25(2,3)11-12-29-21-15-7-5-14(6-8-15)19(21)22(30)20(24(29)31)23-26-17-10-9-16(27-36(4,32)33)13-18(17)37(34,35)28-23/h9-10,13-15,19-21,27H,5-8,11-12H2,1-4H3,(H,26,28). The first-order valence-corrected chi connectivity index (χ1v) is 16.1. The molecule has 0 radical (unpaired) electrons. The fraction of sp³-hybridized carbons (Fsp3) is 0.640. The quantitative estimate of drug-likeness (QED) is 0.537. The van der Waals surface area contributed by atoms with Crippen LogP contribution in [0.3, 0.4) is 0 Å². The number of piperidine rings is 1. The Morgan fingerprint density at radius 1 is 1.11 bits per heavy atom. The van der Waals surface area contributed by atoms with Crippen molar-refractivity contribution < 1.29 is 26.4 Å². The summed E-state index contributed by atoms with van der Waals surface area (Å²) in [5.74, 6) is -1.95.